The Morgan fingerprint density at radius 3 is 2.72 bits per heavy atom. The Morgan fingerprint density at radius 1 is 1.21 bits per heavy atom. The van der Waals surface area contributed by atoms with Gasteiger partial charge in [-0.1, -0.05) is 0 Å². The van der Waals surface area contributed by atoms with Gasteiger partial charge in [-0.15, -0.1) is 0 Å². The van der Waals surface area contributed by atoms with Crippen molar-refractivity contribution in [1.29, 1.82) is 5.26 Å². The molecule has 6 heteroatoms. The van der Waals surface area contributed by atoms with Gasteiger partial charge in [-0.3, -0.25) is 0 Å². The standard InChI is InChI=1S/C23H22N2O4/c1-3-28-23(26)19-8-7-18(11-22(19)29-14-27-2)25-13-17(12-24)20-9-15-5-4-6-16(15)10-21(20)25/h7-11,13H,3-6,14H2,1-2H3. The third kappa shape index (κ3) is 3.45. The highest BCUT2D eigenvalue weighted by atomic mass is 16.7. The molecule has 0 unspecified atom stereocenters. The van der Waals surface area contributed by atoms with Crippen molar-refractivity contribution in [2.45, 2.75) is 26.2 Å². The van der Waals surface area contributed by atoms with Crippen molar-refractivity contribution in [3.63, 3.8) is 0 Å². The Labute approximate surface area is 169 Å². The first kappa shape index (κ1) is 19.0. The van der Waals surface area contributed by atoms with Crippen molar-refractivity contribution in [3.8, 4) is 17.5 Å². The van der Waals surface area contributed by atoms with E-state index < -0.39 is 5.97 Å². The predicted octanol–water partition coefficient (Wildman–Crippen LogP) is 4.15. The number of ether oxygens (including phenoxy) is 3. The lowest BCUT2D eigenvalue weighted by Crippen LogP contribution is -2.10. The highest BCUT2D eigenvalue weighted by Crippen LogP contribution is 2.33. The first-order chi connectivity index (χ1) is 14.2. The summed E-state index contributed by atoms with van der Waals surface area (Å²) in [4.78, 5) is 12.3. The van der Waals surface area contributed by atoms with E-state index in [1.165, 1.54) is 18.2 Å². The van der Waals surface area contributed by atoms with Gasteiger partial charge in [0.1, 0.15) is 17.4 Å². The Kier molecular flexibility index (Phi) is 5.24. The fourth-order valence-electron chi connectivity index (χ4n) is 3.88. The molecule has 0 saturated heterocycles. The highest BCUT2D eigenvalue weighted by Gasteiger charge is 2.19. The number of carbonyl (C=O) groups excluding carboxylic acids is 1. The molecule has 0 N–H and O–H groups in total. The van der Waals surface area contributed by atoms with E-state index in [-0.39, 0.29) is 13.4 Å². The summed E-state index contributed by atoms with van der Waals surface area (Å²) in [6.45, 7) is 2.05. The second-order valence-corrected chi connectivity index (χ2v) is 6.97. The molecule has 1 aromatic heterocycles. The van der Waals surface area contributed by atoms with Gasteiger partial charge in [0, 0.05) is 30.4 Å². The number of rotatable bonds is 6. The van der Waals surface area contributed by atoms with Crippen molar-refractivity contribution in [3.05, 3.63) is 58.8 Å². The molecule has 4 rings (SSSR count). The van der Waals surface area contributed by atoms with Crippen molar-refractivity contribution in [2.24, 2.45) is 0 Å². The first-order valence-corrected chi connectivity index (χ1v) is 9.66. The number of nitrogens with zero attached hydrogens (tertiary/aromatic N) is 2. The number of esters is 1. The minimum Gasteiger partial charge on any atom is -0.467 e. The minimum absolute atomic E-state index is 0.0131. The molecular formula is C23H22N2O4. The number of aryl methyl sites for hydroxylation is 2. The average Bonchev–Trinajstić information content (AvgIpc) is 3.34. The van der Waals surface area contributed by atoms with Gasteiger partial charge >= 0.3 is 5.97 Å². The van der Waals surface area contributed by atoms with Crippen LogP contribution in [0.3, 0.4) is 0 Å². The van der Waals surface area contributed by atoms with E-state index in [0.717, 1.165) is 35.9 Å². The summed E-state index contributed by atoms with van der Waals surface area (Å²) in [6, 6.07) is 11.9. The van der Waals surface area contributed by atoms with Gasteiger partial charge < -0.3 is 18.8 Å². The second kappa shape index (κ2) is 7.98. The van der Waals surface area contributed by atoms with Crippen LogP contribution in [0, 0.1) is 11.3 Å². The number of methoxy groups -OCH3 is 1. The smallest absolute Gasteiger partial charge is 0.341 e. The van der Waals surface area contributed by atoms with Gasteiger partial charge in [0.2, 0.25) is 0 Å². The van der Waals surface area contributed by atoms with Crippen LogP contribution >= 0.6 is 0 Å². The van der Waals surface area contributed by atoms with Crippen LogP contribution in [0.4, 0.5) is 0 Å². The lowest BCUT2D eigenvalue weighted by Gasteiger charge is -2.13. The topological polar surface area (TPSA) is 73.5 Å². The molecule has 0 bridgehead atoms. The number of nitriles is 1. The molecule has 3 aromatic rings. The lowest BCUT2D eigenvalue weighted by molar-refractivity contribution is 0.0438. The van der Waals surface area contributed by atoms with Crippen LogP contribution in [0.15, 0.2) is 36.5 Å². The average molecular weight is 390 g/mol. The molecule has 0 fully saturated rings. The summed E-state index contributed by atoms with van der Waals surface area (Å²) in [5.74, 6) is -0.0673. The molecule has 2 aromatic carbocycles. The monoisotopic (exact) mass is 390 g/mol. The van der Waals surface area contributed by atoms with Gasteiger partial charge in [-0.25, -0.2) is 4.79 Å². The molecule has 1 aliphatic carbocycles. The zero-order chi connectivity index (χ0) is 20.4. The van der Waals surface area contributed by atoms with E-state index in [1.54, 1.807) is 19.1 Å². The van der Waals surface area contributed by atoms with Crippen LogP contribution < -0.4 is 4.74 Å². The third-order valence-corrected chi connectivity index (χ3v) is 5.21. The van der Waals surface area contributed by atoms with Gasteiger partial charge in [-0.05, 0) is 61.6 Å². The number of fused-ring (bicyclic) bond motifs is 2. The Bertz CT molecular complexity index is 1120. The van der Waals surface area contributed by atoms with Crippen LogP contribution in [-0.2, 0) is 22.3 Å². The SMILES string of the molecule is CCOC(=O)c1ccc(-n2cc(C#N)c3cc4c(cc32)CCC4)cc1OCOC. The molecule has 0 radical (unpaired) electrons. The number of hydrogen-bond acceptors (Lipinski definition) is 5. The van der Waals surface area contributed by atoms with Gasteiger partial charge in [0.05, 0.1) is 17.7 Å². The zero-order valence-corrected chi connectivity index (χ0v) is 16.5. The molecule has 0 spiro atoms. The summed E-state index contributed by atoms with van der Waals surface area (Å²) >= 11 is 0. The molecule has 0 aliphatic heterocycles. The van der Waals surface area contributed by atoms with E-state index in [0.29, 0.717) is 16.9 Å². The zero-order valence-electron chi connectivity index (χ0n) is 16.5. The molecular weight excluding hydrogens is 368 g/mol. The maximum absolute atomic E-state index is 12.3. The normalized spacial score (nSPS) is 12.6. The largest absolute Gasteiger partial charge is 0.467 e. The maximum atomic E-state index is 12.3. The van der Waals surface area contributed by atoms with Crippen LogP contribution in [-0.4, -0.2) is 31.0 Å². The van der Waals surface area contributed by atoms with Crippen LogP contribution in [0.2, 0.25) is 0 Å². The first-order valence-electron chi connectivity index (χ1n) is 9.66. The number of aromatic nitrogens is 1. The Hall–Kier alpha value is -3.30. The van der Waals surface area contributed by atoms with Crippen LogP contribution in [0.1, 0.15) is 40.4 Å². The molecule has 0 amide bonds. The quantitative estimate of drug-likeness (QED) is 0.467. The second-order valence-electron chi connectivity index (χ2n) is 6.97. The number of carbonyl (C=O) groups is 1. The van der Waals surface area contributed by atoms with E-state index >= 15 is 0 Å². The van der Waals surface area contributed by atoms with E-state index in [4.69, 9.17) is 14.2 Å². The summed E-state index contributed by atoms with van der Waals surface area (Å²) in [5, 5.41) is 10.6. The summed E-state index contributed by atoms with van der Waals surface area (Å²) < 4.78 is 17.7. The number of benzene rings is 2. The predicted molar refractivity (Wildman–Crippen MR) is 108 cm³/mol. The number of hydrogen-bond donors (Lipinski definition) is 0. The van der Waals surface area contributed by atoms with E-state index in [1.807, 2.05) is 16.8 Å². The van der Waals surface area contributed by atoms with Crippen LogP contribution in [0.5, 0.6) is 5.75 Å². The highest BCUT2D eigenvalue weighted by molar-refractivity contribution is 5.93. The van der Waals surface area contributed by atoms with Gasteiger partial charge in [-0.2, -0.15) is 5.26 Å². The molecule has 0 atom stereocenters. The van der Waals surface area contributed by atoms with Crippen molar-refractivity contribution in [1.82, 2.24) is 4.57 Å². The summed E-state index contributed by atoms with van der Waals surface area (Å²) in [7, 11) is 1.52. The minimum atomic E-state index is -0.446. The summed E-state index contributed by atoms with van der Waals surface area (Å²) in [6.07, 6.45) is 5.10. The van der Waals surface area contributed by atoms with Gasteiger partial charge in [0.15, 0.2) is 6.79 Å². The van der Waals surface area contributed by atoms with Crippen molar-refractivity contribution < 1.29 is 19.0 Å². The van der Waals surface area contributed by atoms with Crippen molar-refractivity contribution >= 4 is 16.9 Å². The molecule has 1 heterocycles. The lowest BCUT2D eigenvalue weighted by atomic mass is 10.1. The fourth-order valence-corrected chi connectivity index (χ4v) is 3.88. The van der Waals surface area contributed by atoms with Gasteiger partial charge in [0.25, 0.3) is 0 Å². The Morgan fingerprint density at radius 2 is 2.00 bits per heavy atom. The van der Waals surface area contributed by atoms with Crippen LogP contribution in [0.25, 0.3) is 16.6 Å². The molecule has 0 saturated carbocycles. The molecule has 6 nitrogen and oxygen atoms in total. The molecule has 1 aliphatic rings. The maximum Gasteiger partial charge on any atom is 0.341 e. The summed E-state index contributed by atoms with van der Waals surface area (Å²) in [5.41, 5.74) is 5.40. The third-order valence-electron chi connectivity index (χ3n) is 5.21. The van der Waals surface area contributed by atoms with E-state index in [2.05, 4.69) is 18.2 Å². The fraction of sp³-hybridized carbons (Fsp3) is 0.304. The molecule has 29 heavy (non-hydrogen) atoms. The molecule has 148 valence electrons. The van der Waals surface area contributed by atoms with E-state index in [9.17, 15) is 10.1 Å². The Balaban J connectivity index is 1.85. The van der Waals surface area contributed by atoms with Crippen molar-refractivity contribution in [2.75, 3.05) is 20.5 Å².